The molecule has 0 radical (unpaired) electrons. The Bertz CT molecular complexity index is 1370. The average molecular weight is 485 g/mol. The van der Waals surface area contributed by atoms with Gasteiger partial charge in [0.15, 0.2) is 0 Å². The molecule has 2 aromatic carbocycles. The Hall–Kier alpha value is -4.80. The third kappa shape index (κ3) is 5.46. The van der Waals surface area contributed by atoms with Gasteiger partial charge in [-0.15, -0.1) is 0 Å². The lowest BCUT2D eigenvalue weighted by molar-refractivity contribution is -0.384. The molecule has 3 heterocycles. The number of hydrogen-bond acceptors (Lipinski definition) is 10. The molecular weight excluding hydrogens is 460 g/mol. The molecule has 1 aliphatic heterocycles. The molecule has 182 valence electrons. The van der Waals surface area contributed by atoms with Crippen molar-refractivity contribution >= 4 is 35.4 Å². The van der Waals surface area contributed by atoms with E-state index < -0.39 is 4.92 Å². The number of nitrogens with one attached hydrogen (secondary N) is 2. The zero-order valence-corrected chi connectivity index (χ0v) is 19.4. The van der Waals surface area contributed by atoms with Crippen LogP contribution in [-0.4, -0.2) is 39.2 Å². The minimum Gasteiger partial charge on any atom is -0.455 e. The number of aromatic nitrogens is 3. The second-order valence-electron chi connectivity index (χ2n) is 8.17. The molecule has 1 fully saturated rings. The lowest BCUT2D eigenvalue weighted by Crippen LogP contribution is -2.31. The fourth-order valence-corrected chi connectivity index (χ4v) is 3.92. The van der Waals surface area contributed by atoms with Crippen LogP contribution in [0.3, 0.4) is 0 Å². The largest absolute Gasteiger partial charge is 0.455 e. The molecular formula is C25H24N8O3. The first-order valence-electron chi connectivity index (χ1n) is 11.6. The molecule has 0 aliphatic carbocycles. The van der Waals surface area contributed by atoms with Crippen LogP contribution < -0.4 is 15.6 Å². The number of furan rings is 1. The molecule has 0 bridgehead atoms. The number of benzene rings is 2. The lowest BCUT2D eigenvalue weighted by atomic mass is 10.1. The van der Waals surface area contributed by atoms with Gasteiger partial charge in [-0.05, 0) is 49.6 Å². The highest BCUT2D eigenvalue weighted by molar-refractivity contribution is 5.79. The Labute approximate surface area is 207 Å². The van der Waals surface area contributed by atoms with Crippen LogP contribution in [0, 0.1) is 10.1 Å². The van der Waals surface area contributed by atoms with E-state index in [0.717, 1.165) is 31.6 Å². The van der Waals surface area contributed by atoms with E-state index in [4.69, 9.17) is 4.42 Å². The normalized spacial score (nSPS) is 13.6. The Balaban J connectivity index is 1.35. The van der Waals surface area contributed by atoms with Gasteiger partial charge in [-0.3, -0.25) is 10.1 Å². The molecule has 5 rings (SSSR count). The number of para-hydroxylation sites is 2. The van der Waals surface area contributed by atoms with Gasteiger partial charge < -0.3 is 14.6 Å². The number of anilines is 4. The highest BCUT2D eigenvalue weighted by atomic mass is 16.6. The van der Waals surface area contributed by atoms with Gasteiger partial charge in [-0.1, -0.05) is 30.3 Å². The first-order chi connectivity index (χ1) is 17.7. The molecule has 0 saturated carbocycles. The van der Waals surface area contributed by atoms with Crippen molar-refractivity contribution in [3.8, 4) is 11.3 Å². The molecule has 0 amide bonds. The molecule has 0 spiro atoms. The molecule has 4 aromatic rings. The summed E-state index contributed by atoms with van der Waals surface area (Å²) in [4.78, 5) is 26.6. The minimum atomic E-state index is -0.436. The zero-order valence-electron chi connectivity index (χ0n) is 19.4. The van der Waals surface area contributed by atoms with Crippen molar-refractivity contribution in [3.05, 3.63) is 82.6 Å². The van der Waals surface area contributed by atoms with Crippen molar-refractivity contribution in [1.29, 1.82) is 0 Å². The van der Waals surface area contributed by atoms with E-state index in [1.165, 1.54) is 18.7 Å². The lowest BCUT2D eigenvalue weighted by Gasteiger charge is -2.26. The van der Waals surface area contributed by atoms with Crippen LogP contribution in [0.1, 0.15) is 25.0 Å². The first-order valence-corrected chi connectivity index (χ1v) is 11.6. The summed E-state index contributed by atoms with van der Waals surface area (Å²) in [6.07, 6.45) is 4.85. The van der Waals surface area contributed by atoms with Gasteiger partial charge in [0.1, 0.15) is 11.5 Å². The quantitative estimate of drug-likeness (QED) is 0.196. The summed E-state index contributed by atoms with van der Waals surface area (Å²) in [7, 11) is 0. The monoisotopic (exact) mass is 484 g/mol. The molecule has 0 unspecified atom stereocenters. The van der Waals surface area contributed by atoms with Gasteiger partial charge in [0, 0.05) is 24.8 Å². The smallest absolute Gasteiger partial charge is 0.280 e. The number of hydrazone groups is 1. The number of nitro benzene ring substituents is 1. The Morgan fingerprint density at radius 3 is 2.47 bits per heavy atom. The Kier molecular flexibility index (Phi) is 6.79. The number of nitrogens with zero attached hydrogens (tertiary/aromatic N) is 6. The summed E-state index contributed by atoms with van der Waals surface area (Å²) < 4.78 is 5.75. The molecule has 11 nitrogen and oxygen atoms in total. The highest BCUT2D eigenvalue weighted by Crippen LogP contribution is 2.30. The van der Waals surface area contributed by atoms with Gasteiger partial charge >= 0.3 is 0 Å². The van der Waals surface area contributed by atoms with E-state index in [9.17, 15) is 10.1 Å². The summed E-state index contributed by atoms with van der Waals surface area (Å²) in [5.41, 5.74) is 4.08. The van der Waals surface area contributed by atoms with Gasteiger partial charge in [0.05, 0.1) is 16.7 Å². The van der Waals surface area contributed by atoms with Crippen molar-refractivity contribution in [3.63, 3.8) is 0 Å². The molecule has 36 heavy (non-hydrogen) atoms. The summed E-state index contributed by atoms with van der Waals surface area (Å²) >= 11 is 0. The third-order valence-electron chi connectivity index (χ3n) is 5.64. The van der Waals surface area contributed by atoms with Gasteiger partial charge in [0.25, 0.3) is 5.69 Å². The SMILES string of the molecule is O=[N+]([O-])c1ccccc1-c1ccc(/C=N\Nc2nc(Nc3ccccc3)nc(N3CCCCC3)n2)o1. The standard InChI is InChI=1S/C25H24N8O3/c34-33(35)21-12-6-5-11-20(21)22-14-13-19(36-22)17-26-31-24-28-23(27-18-9-3-1-4-10-18)29-25(30-24)32-15-7-2-8-16-32/h1,3-6,9-14,17H,2,7-8,15-16H2,(H2,27,28,29,30,31)/b26-17-. The van der Waals surface area contributed by atoms with Crippen molar-refractivity contribution in [2.45, 2.75) is 19.3 Å². The number of hydrogen-bond donors (Lipinski definition) is 2. The van der Waals surface area contributed by atoms with Crippen LogP contribution in [0.25, 0.3) is 11.3 Å². The van der Waals surface area contributed by atoms with Crippen LogP contribution in [0.15, 0.2) is 76.2 Å². The second kappa shape index (κ2) is 10.6. The predicted octanol–water partition coefficient (Wildman–Crippen LogP) is 5.22. The van der Waals surface area contributed by atoms with Crippen molar-refractivity contribution in [2.24, 2.45) is 5.10 Å². The fourth-order valence-electron chi connectivity index (χ4n) is 3.92. The molecule has 11 heteroatoms. The zero-order chi connectivity index (χ0) is 24.7. The maximum atomic E-state index is 11.3. The third-order valence-corrected chi connectivity index (χ3v) is 5.64. The van der Waals surface area contributed by atoms with Crippen LogP contribution >= 0.6 is 0 Å². The first kappa shape index (κ1) is 23.0. The number of rotatable bonds is 8. The van der Waals surface area contributed by atoms with E-state index in [1.807, 2.05) is 30.3 Å². The van der Waals surface area contributed by atoms with E-state index in [1.54, 1.807) is 30.3 Å². The summed E-state index contributed by atoms with van der Waals surface area (Å²) in [6.45, 7) is 1.77. The van der Waals surface area contributed by atoms with E-state index in [0.29, 0.717) is 29.0 Å². The minimum absolute atomic E-state index is 0.0256. The maximum Gasteiger partial charge on any atom is 0.280 e. The van der Waals surface area contributed by atoms with Crippen LogP contribution in [-0.2, 0) is 0 Å². The van der Waals surface area contributed by atoms with Crippen LogP contribution in [0.4, 0.5) is 29.2 Å². The van der Waals surface area contributed by atoms with Crippen LogP contribution in [0.5, 0.6) is 0 Å². The van der Waals surface area contributed by atoms with Crippen LogP contribution in [0.2, 0.25) is 0 Å². The predicted molar refractivity (Wildman–Crippen MR) is 138 cm³/mol. The Morgan fingerprint density at radius 2 is 1.67 bits per heavy atom. The summed E-state index contributed by atoms with van der Waals surface area (Å²) in [6, 6.07) is 19.4. The van der Waals surface area contributed by atoms with Gasteiger partial charge in [-0.2, -0.15) is 20.1 Å². The highest BCUT2D eigenvalue weighted by Gasteiger charge is 2.18. The molecule has 2 aromatic heterocycles. The topological polar surface area (TPSA) is 135 Å². The van der Waals surface area contributed by atoms with E-state index >= 15 is 0 Å². The van der Waals surface area contributed by atoms with Crippen molar-refractivity contribution in [1.82, 2.24) is 15.0 Å². The van der Waals surface area contributed by atoms with E-state index in [-0.39, 0.29) is 11.6 Å². The molecule has 1 aliphatic rings. The number of piperidine rings is 1. The second-order valence-corrected chi connectivity index (χ2v) is 8.17. The van der Waals surface area contributed by atoms with E-state index in [2.05, 4.69) is 35.7 Å². The Morgan fingerprint density at radius 1 is 0.917 bits per heavy atom. The number of nitro groups is 1. The summed E-state index contributed by atoms with van der Waals surface area (Å²) in [5.74, 6) is 2.07. The van der Waals surface area contributed by atoms with Gasteiger partial charge in [-0.25, -0.2) is 5.43 Å². The molecule has 0 atom stereocenters. The van der Waals surface area contributed by atoms with Gasteiger partial charge in [0.2, 0.25) is 17.8 Å². The van der Waals surface area contributed by atoms with Crippen molar-refractivity contribution < 1.29 is 9.34 Å². The average Bonchev–Trinajstić information content (AvgIpc) is 3.38. The molecule has 1 saturated heterocycles. The maximum absolute atomic E-state index is 11.3. The summed E-state index contributed by atoms with van der Waals surface area (Å²) in [5, 5.41) is 18.7. The van der Waals surface area contributed by atoms with Crippen molar-refractivity contribution in [2.75, 3.05) is 28.7 Å². The fraction of sp³-hybridized carbons (Fsp3) is 0.200. The molecule has 2 N–H and O–H groups in total.